The normalized spacial score (nSPS) is 12.1. The Bertz CT molecular complexity index is 498. The van der Waals surface area contributed by atoms with Crippen molar-refractivity contribution in [2.45, 2.75) is 12.5 Å². The minimum absolute atomic E-state index is 0.205. The summed E-state index contributed by atoms with van der Waals surface area (Å²) >= 11 is 6.04. The number of ether oxygens (including phenoxy) is 1. The summed E-state index contributed by atoms with van der Waals surface area (Å²) in [6.07, 6.45) is 0.976. The molecule has 0 saturated carbocycles. The molecule has 0 aromatic heterocycles. The number of hydrogen-bond acceptors (Lipinski definition) is 2. The second-order valence-corrected chi connectivity index (χ2v) is 4.98. The average Bonchev–Trinajstić information content (AvgIpc) is 2.53. The molecule has 0 heterocycles. The van der Waals surface area contributed by atoms with Crippen molar-refractivity contribution in [1.29, 1.82) is 0 Å². The maximum absolute atomic E-state index is 6.04. The molecule has 0 bridgehead atoms. The van der Waals surface area contributed by atoms with Crippen molar-refractivity contribution in [3.05, 3.63) is 65.7 Å². The number of nitrogens with one attached hydrogen (secondary N) is 1. The minimum atomic E-state index is 0.205. The summed E-state index contributed by atoms with van der Waals surface area (Å²) in [5, 5.41) is 3.50. The average molecular weight is 290 g/mol. The molecule has 20 heavy (non-hydrogen) atoms. The summed E-state index contributed by atoms with van der Waals surface area (Å²) in [6, 6.07) is 18.7. The van der Waals surface area contributed by atoms with Gasteiger partial charge in [0.1, 0.15) is 5.75 Å². The van der Waals surface area contributed by atoms with Gasteiger partial charge in [-0.15, -0.1) is 11.6 Å². The van der Waals surface area contributed by atoms with E-state index in [9.17, 15) is 0 Å². The summed E-state index contributed by atoms with van der Waals surface area (Å²) in [7, 11) is 1.68. The van der Waals surface area contributed by atoms with Crippen molar-refractivity contribution in [1.82, 2.24) is 5.32 Å². The van der Waals surface area contributed by atoms with Gasteiger partial charge in [0.15, 0.2) is 0 Å². The summed E-state index contributed by atoms with van der Waals surface area (Å²) in [5.41, 5.74) is 2.52. The van der Waals surface area contributed by atoms with Crippen molar-refractivity contribution < 1.29 is 4.74 Å². The molecule has 2 aromatic rings. The minimum Gasteiger partial charge on any atom is -0.497 e. The van der Waals surface area contributed by atoms with E-state index in [1.165, 1.54) is 11.1 Å². The van der Waals surface area contributed by atoms with Gasteiger partial charge in [0.25, 0.3) is 0 Å². The van der Waals surface area contributed by atoms with Gasteiger partial charge in [-0.25, -0.2) is 0 Å². The topological polar surface area (TPSA) is 21.3 Å². The van der Waals surface area contributed by atoms with Gasteiger partial charge < -0.3 is 10.1 Å². The Hall–Kier alpha value is -1.51. The van der Waals surface area contributed by atoms with Gasteiger partial charge in [0.2, 0.25) is 0 Å². The monoisotopic (exact) mass is 289 g/mol. The van der Waals surface area contributed by atoms with E-state index in [0.29, 0.717) is 5.88 Å². The third kappa shape index (κ3) is 4.26. The smallest absolute Gasteiger partial charge is 0.118 e. The quantitative estimate of drug-likeness (QED) is 0.783. The highest BCUT2D eigenvalue weighted by atomic mass is 35.5. The number of benzene rings is 2. The van der Waals surface area contributed by atoms with Crippen molar-refractivity contribution >= 4 is 11.6 Å². The number of hydrogen-bond donors (Lipinski definition) is 1. The molecule has 2 aromatic carbocycles. The fourth-order valence-corrected chi connectivity index (χ4v) is 2.42. The highest BCUT2D eigenvalue weighted by molar-refractivity contribution is 6.18. The third-order valence-corrected chi connectivity index (χ3v) is 3.63. The molecule has 0 aliphatic rings. The molecule has 1 unspecified atom stereocenters. The van der Waals surface area contributed by atoms with Crippen LogP contribution in [0.2, 0.25) is 0 Å². The zero-order chi connectivity index (χ0) is 14.2. The van der Waals surface area contributed by atoms with Gasteiger partial charge in [-0.3, -0.25) is 0 Å². The predicted octanol–water partition coefficient (Wildman–Crippen LogP) is 3.81. The molecule has 0 radical (unpaired) electrons. The zero-order valence-electron chi connectivity index (χ0n) is 11.7. The Morgan fingerprint density at radius 1 is 1.05 bits per heavy atom. The van der Waals surface area contributed by atoms with Crippen molar-refractivity contribution in [3.8, 4) is 5.75 Å². The zero-order valence-corrected chi connectivity index (χ0v) is 12.4. The lowest BCUT2D eigenvalue weighted by atomic mass is 10.1. The number of methoxy groups -OCH3 is 1. The molecule has 1 atom stereocenters. The van der Waals surface area contributed by atoms with Gasteiger partial charge in [-0.1, -0.05) is 42.5 Å². The van der Waals surface area contributed by atoms with E-state index >= 15 is 0 Å². The van der Waals surface area contributed by atoms with Crippen molar-refractivity contribution in [3.63, 3.8) is 0 Å². The molecule has 1 N–H and O–H groups in total. The largest absolute Gasteiger partial charge is 0.497 e. The Labute approximate surface area is 125 Å². The fourth-order valence-electron chi connectivity index (χ4n) is 2.13. The molecule has 0 aliphatic heterocycles. The SMILES string of the molecule is COc1ccc(CCNC(CCl)c2ccccc2)cc1. The van der Waals surface area contributed by atoms with Crippen molar-refractivity contribution in [2.24, 2.45) is 0 Å². The highest BCUT2D eigenvalue weighted by Crippen LogP contribution is 2.15. The van der Waals surface area contributed by atoms with Gasteiger partial charge in [-0.2, -0.15) is 0 Å². The van der Waals surface area contributed by atoms with Crippen LogP contribution in [0.15, 0.2) is 54.6 Å². The van der Waals surface area contributed by atoms with Crippen LogP contribution in [0.3, 0.4) is 0 Å². The Kier molecular flexibility index (Phi) is 5.90. The van der Waals surface area contributed by atoms with E-state index in [2.05, 4.69) is 29.6 Å². The molecule has 0 saturated heterocycles. The van der Waals surface area contributed by atoms with Crippen LogP contribution in [0.1, 0.15) is 17.2 Å². The first-order valence-electron chi connectivity index (χ1n) is 6.80. The van der Waals surface area contributed by atoms with E-state index in [4.69, 9.17) is 16.3 Å². The van der Waals surface area contributed by atoms with E-state index in [0.717, 1.165) is 18.7 Å². The Morgan fingerprint density at radius 3 is 2.35 bits per heavy atom. The summed E-state index contributed by atoms with van der Waals surface area (Å²) < 4.78 is 5.15. The van der Waals surface area contributed by atoms with E-state index in [1.54, 1.807) is 7.11 Å². The molecular weight excluding hydrogens is 270 g/mol. The van der Waals surface area contributed by atoms with Crippen LogP contribution in [0.25, 0.3) is 0 Å². The molecule has 3 heteroatoms. The summed E-state index contributed by atoms with van der Waals surface area (Å²) in [5.74, 6) is 1.47. The van der Waals surface area contributed by atoms with Crippen LogP contribution in [0.5, 0.6) is 5.75 Å². The first-order valence-corrected chi connectivity index (χ1v) is 7.34. The maximum atomic E-state index is 6.04. The van der Waals surface area contributed by atoms with E-state index in [1.807, 2.05) is 30.3 Å². The second kappa shape index (κ2) is 7.93. The van der Waals surface area contributed by atoms with Crippen LogP contribution in [-0.4, -0.2) is 19.5 Å². The maximum Gasteiger partial charge on any atom is 0.118 e. The van der Waals surface area contributed by atoms with E-state index in [-0.39, 0.29) is 6.04 Å². The Morgan fingerprint density at radius 2 is 1.75 bits per heavy atom. The van der Waals surface area contributed by atoms with Gasteiger partial charge >= 0.3 is 0 Å². The molecule has 0 aliphatic carbocycles. The lowest BCUT2D eigenvalue weighted by Crippen LogP contribution is -2.24. The van der Waals surface area contributed by atoms with Crippen LogP contribution in [0.4, 0.5) is 0 Å². The second-order valence-electron chi connectivity index (χ2n) is 4.67. The summed E-state index contributed by atoms with van der Waals surface area (Å²) in [6.45, 7) is 0.901. The molecular formula is C17H20ClNO. The third-order valence-electron chi connectivity index (χ3n) is 3.32. The van der Waals surface area contributed by atoms with Crippen LogP contribution in [-0.2, 0) is 6.42 Å². The van der Waals surface area contributed by atoms with Gasteiger partial charge in [0, 0.05) is 11.9 Å². The fraction of sp³-hybridized carbons (Fsp3) is 0.294. The first kappa shape index (κ1) is 14.9. The molecule has 0 amide bonds. The number of alkyl halides is 1. The number of halogens is 1. The number of rotatable bonds is 7. The molecule has 0 spiro atoms. The van der Waals surface area contributed by atoms with Gasteiger partial charge in [-0.05, 0) is 36.2 Å². The van der Waals surface area contributed by atoms with Crippen LogP contribution >= 0.6 is 11.6 Å². The van der Waals surface area contributed by atoms with E-state index < -0.39 is 0 Å². The lowest BCUT2D eigenvalue weighted by molar-refractivity contribution is 0.414. The van der Waals surface area contributed by atoms with Crippen molar-refractivity contribution in [2.75, 3.05) is 19.5 Å². The summed E-state index contributed by atoms with van der Waals surface area (Å²) in [4.78, 5) is 0. The molecule has 2 rings (SSSR count). The molecule has 2 nitrogen and oxygen atoms in total. The Balaban J connectivity index is 1.84. The lowest BCUT2D eigenvalue weighted by Gasteiger charge is -2.16. The van der Waals surface area contributed by atoms with Crippen LogP contribution in [0, 0.1) is 0 Å². The first-order chi connectivity index (χ1) is 9.83. The highest BCUT2D eigenvalue weighted by Gasteiger charge is 2.08. The van der Waals surface area contributed by atoms with Crippen LogP contribution < -0.4 is 10.1 Å². The molecule has 106 valence electrons. The predicted molar refractivity (Wildman–Crippen MR) is 84.6 cm³/mol. The standard InChI is InChI=1S/C17H20ClNO/c1-20-16-9-7-14(8-10-16)11-12-19-17(13-18)15-5-3-2-4-6-15/h2-10,17,19H,11-13H2,1H3. The molecule has 0 fully saturated rings. The van der Waals surface area contributed by atoms with Gasteiger partial charge in [0.05, 0.1) is 7.11 Å².